The molecule has 6 nitrogen and oxygen atoms in total. The first-order valence-corrected chi connectivity index (χ1v) is 8.62. The van der Waals surface area contributed by atoms with Crippen molar-refractivity contribution >= 4 is 5.91 Å². The van der Waals surface area contributed by atoms with Gasteiger partial charge in [0.1, 0.15) is 0 Å². The molecule has 23 heavy (non-hydrogen) atoms. The normalized spacial score (nSPS) is 18.7. The van der Waals surface area contributed by atoms with E-state index in [9.17, 15) is 4.79 Å². The Bertz CT molecular complexity index is 543. The summed E-state index contributed by atoms with van der Waals surface area (Å²) in [4.78, 5) is 16.6. The van der Waals surface area contributed by atoms with Crippen LogP contribution in [-0.2, 0) is 0 Å². The van der Waals surface area contributed by atoms with Crippen molar-refractivity contribution in [2.45, 2.75) is 46.6 Å². The van der Waals surface area contributed by atoms with Crippen molar-refractivity contribution < 1.29 is 4.79 Å². The summed E-state index contributed by atoms with van der Waals surface area (Å²) >= 11 is 0. The van der Waals surface area contributed by atoms with E-state index in [0.717, 1.165) is 32.5 Å². The monoisotopic (exact) mass is 319 g/mol. The molecule has 1 fully saturated rings. The van der Waals surface area contributed by atoms with Crippen LogP contribution in [0.15, 0.2) is 17.8 Å². The minimum Gasteiger partial charge on any atom is -0.338 e. The molecule has 1 aromatic rings. The SMILES string of the molecule is CCN(CC)C(=O)c1cn(C2CCCN(CC=C(C)C)C2)nn1. The lowest BCUT2D eigenvalue weighted by atomic mass is 10.1. The molecular weight excluding hydrogens is 290 g/mol. The standard InChI is InChI=1S/C17H29N5O/c1-5-21(6-2)17(23)16-13-22(19-18-16)15-8-7-10-20(12-15)11-9-14(3)4/h9,13,15H,5-8,10-12H2,1-4H3. The number of nitrogens with zero attached hydrogens (tertiary/aromatic N) is 5. The number of hydrogen-bond acceptors (Lipinski definition) is 4. The van der Waals surface area contributed by atoms with Crippen molar-refractivity contribution in [1.82, 2.24) is 24.8 Å². The van der Waals surface area contributed by atoms with Crippen LogP contribution < -0.4 is 0 Å². The quantitative estimate of drug-likeness (QED) is 0.755. The molecule has 1 saturated heterocycles. The number of carbonyl (C=O) groups excluding carboxylic acids is 1. The Balaban J connectivity index is 2.02. The molecule has 1 amide bonds. The van der Waals surface area contributed by atoms with Crippen LogP contribution in [0.5, 0.6) is 0 Å². The number of likely N-dealkylation sites (tertiary alicyclic amines) is 1. The number of amides is 1. The fourth-order valence-electron chi connectivity index (χ4n) is 2.95. The van der Waals surface area contributed by atoms with Crippen LogP contribution in [-0.4, -0.2) is 63.4 Å². The maximum absolute atomic E-state index is 12.3. The van der Waals surface area contributed by atoms with Gasteiger partial charge in [-0.3, -0.25) is 9.69 Å². The lowest BCUT2D eigenvalue weighted by Gasteiger charge is -2.31. The average Bonchev–Trinajstić information content (AvgIpc) is 3.04. The molecule has 2 heterocycles. The van der Waals surface area contributed by atoms with Gasteiger partial charge >= 0.3 is 0 Å². The summed E-state index contributed by atoms with van der Waals surface area (Å²) < 4.78 is 1.88. The van der Waals surface area contributed by atoms with E-state index in [2.05, 4.69) is 35.1 Å². The maximum Gasteiger partial charge on any atom is 0.276 e. The Hall–Kier alpha value is -1.69. The van der Waals surface area contributed by atoms with Crippen LogP contribution >= 0.6 is 0 Å². The van der Waals surface area contributed by atoms with Crippen LogP contribution in [0.4, 0.5) is 0 Å². The van der Waals surface area contributed by atoms with Crippen molar-refractivity contribution in [2.24, 2.45) is 0 Å². The molecule has 2 rings (SSSR count). The third-order valence-corrected chi connectivity index (χ3v) is 4.39. The molecule has 1 aliphatic heterocycles. The fourth-order valence-corrected chi connectivity index (χ4v) is 2.95. The Kier molecular flexibility index (Phi) is 6.33. The lowest BCUT2D eigenvalue weighted by Crippen LogP contribution is -2.37. The van der Waals surface area contributed by atoms with Crippen LogP contribution in [0.25, 0.3) is 0 Å². The van der Waals surface area contributed by atoms with Gasteiger partial charge in [0.15, 0.2) is 5.69 Å². The Morgan fingerprint density at radius 3 is 2.78 bits per heavy atom. The molecule has 0 saturated carbocycles. The van der Waals surface area contributed by atoms with Gasteiger partial charge < -0.3 is 4.90 Å². The zero-order chi connectivity index (χ0) is 16.8. The molecule has 6 heteroatoms. The van der Waals surface area contributed by atoms with Gasteiger partial charge in [0.05, 0.1) is 12.2 Å². The zero-order valence-electron chi connectivity index (χ0n) is 14.8. The van der Waals surface area contributed by atoms with E-state index in [1.165, 1.54) is 5.57 Å². The highest BCUT2D eigenvalue weighted by Crippen LogP contribution is 2.21. The highest BCUT2D eigenvalue weighted by atomic mass is 16.2. The van der Waals surface area contributed by atoms with E-state index in [-0.39, 0.29) is 5.91 Å². The minimum absolute atomic E-state index is 0.0292. The van der Waals surface area contributed by atoms with Gasteiger partial charge in [-0.1, -0.05) is 16.9 Å². The minimum atomic E-state index is -0.0292. The number of aromatic nitrogens is 3. The third-order valence-electron chi connectivity index (χ3n) is 4.39. The first kappa shape index (κ1) is 17.7. The molecule has 0 N–H and O–H groups in total. The predicted octanol–water partition coefficient (Wildman–Crippen LogP) is 2.36. The summed E-state index contributed by atoms with van der Waals surface area (Å²) in [6.07, 6.45) is 6.32. The molecule has 0 spiro atoms. The van der Waals surface area contributed by atoms with Gasteiger partial charge in [-0.2, -0.15) is 0 Å². The van der Waals surface area contributed by atoms with Gasteiger partial charge in [-0.25, -0.2) is 4.68 Å². The van der Waals surface area contributed by atoms with Crippen LogP contribution in [0.1, 0.15) is 57.1 Å². The molecule has 1 atom stereocenters. The molecule has 0 radical (unpaired) electrons. The summed E-state index contributed by atoms with van der Waals surface area (Å²) in [7, 11) is 0. The summed E-state index contributed by atoms with van der Waals surface area (Å²) in [6, 6.07) is 0.306. The molecule has 1 aromatic heterocycles. The molecule has 0 aromatic carbocycles. The van der Waals surface area contributed by atoms with Crippen molar-refractivity contribution in [2.75, 3.05) is 32.7 Å². The summed E-state index contributed by atoms with van der Waals surface area (Å²) in [5, 5.41) is 8.32. The number of carbonyl (C=O) groups is 1. The van der Waals surface area contributed by atoms with E-state index in [0.29, 0.717) is 24.8 Å². The first-order chi connectivity index (χ1) is 11.0. The van der Waals surface area contributed by atoms with Crippen LogP contribution in [0.3, 0.4) is 0 Å². The second-order valence-electron chi connectivity index (χ2n) is 6.40. The Morgan fingerprint density at radius 2 is 2.13 bits per heavy atom. The summed E-state index contributed by atoms with van der Waals surface area (Å²) in [6.45, 7) is 12.7. The highest BCUT2D eigenvalue weighted by Gasteiger charge is 2.23. The second kappa shape index (κ2) is 8.24. The van der Waals surface area contributed by atoms with Crippen molar-refractivity contribution in [3.63, 3.8) is 0 Å². The van der Waals surface area contributed by atoms with Gasteiger partial charge in [0, 0.05) is 26.2 Å². The number of allylic oxidation sites excluding steroid dienone is 1. The van der Waals surface area contributed by atoms with Gasteiger partial charge in [-0.05, 0) is 47.1 Å². The van der Waals surface area contributed by atoms with Crippen molar-refractivity contribution in [3.05, 3.63) is 23.5 Å². The van der Waals surface area contributed by atoms with Crippen molar-refractivity contribution in [3.8, 4) is 0 Å². The Labute approximate surface area is 139 Å². The highest BCUT2D eigenvalue weighted by molar-refractivity contribution is 5.91. The van der Waals surface area contributed by atoms with E-state index in [1.54, 1.807) is 4.90 Å². The average molecular weight is 319 g/mol. The van der Waals surface area contributed by atoms with Gasteiger partial charge in [-0.15, -0.1) is 5.10 Å². The van der Waals surface area contributed by atoms with E-state index < -0.39 is 0 Å². The van der Waals surface area contributed by atoms with Crippen LogP contribution in [0.2, 0.25) is 0 Å². The van der Waals surface area contributed by atoms with Gasteiger partial charge in [0.25, 0.3) is 5.91 Å². The zero-order valence-corrected chi connectivity index (χ0v) is 14.8. The smallest absolute Gasteiger partial charge is 0.276 e. The van der Waals surface area contributed by atoms with Crippen molar-refractivity contribution in [1.29, 1.82) is 0 Å². The van der Waals surface area contributed by atoms with E-state index >= 15 is 0 Å². The maximum atomic E-state index is 12.3. The predicted molar refractivity (Wildman–Crippen MR) is 91.4 cm³/mol. The second-order valence-corrected chi connectivity index (χ2v) is 6.40. The molecule has 0 aliphatic carbocycles. The molecule has 1 aliphatic rings. The van der Waals surface area contributed by atoms with E-state index in [4.69, 9.17) is 0 Å². The number of rotatable bonds is 6. The molecule has 0 bridgehead atoms. The van der Waals surface area contributed by atoms with Gasteiger partial charge in [0.2, 0.25) is 0 Å². The summed E-state index contributed by atoms with van der Waals surface area (Å²) in [5.41, 5.74) is 1.80. The third kappa shape index (κ3) is 4.64. The number of piperidine rings is 1. The number of hydrogen-bond donors (Lipinski definition) is 0. The fraction of sp³-hybridized carbons (Fsp3) is 0.706. The summed E-state index contributed by atoms with van der Waals surface area (Å²) in [5.74, 6) is -0.0292. The molecule has 1 unspecified atom stereocenters. The lowest BCUT2D eigenvalue weighted by molar-refractivity contribution is 0.0767. The largest absolute Gasteiger partial charge is 0.338 e. The van der Waals surface area contributed by atoms with E-state index in [1.807, 2.05) is 24.7 Å². The Morgan fingerprint density at radius 1 is 1.39 bits per heavy atom. The first-order valence-electron chi connectivity index (χ1n) is 8.62. The topological polar surface area (TPSA) is 54.3 Å². The van der Waals surface area contributed by atoms with Crippen LogP contribution in [0, 0.1) is 0 Å². The molecule has 128 valence electrons. The molecular formula is C17H29N5O.